The molecule has 0 fully saturated rings. The molecule has 14 heteroatoms. The fourth-order valence-corrected chi connectivity index (χ4v) is 5.97. The number of nitrogens with zero attached hydrogens (tertiary/aromatic N) is 3. The molecule has 1 aromatic heterocycles. The van der Waals surface area contributed by atoms with E-state index in [1.165, 1.54) is 38.3 Å². The van der Waals surface area contributed by atoms with Crippen LogP contribution in [0.5, 0.6) is 0 Å². The van der Waals surface area contributed by atoms with Gasteiger partial charge >= 0.3 is 6.09 Å². The Hall–Kier alpha value is -2.68. The highest BCUT2D eigenvalue weighted by atomic mass is 79.9. The molecule has 1 N–H and O–H groups in total. The van der Waals surface area contributed by atoms with E-state index in [0.29, 0.717) is 12.1 Å². The standard InChI is InChI=1S/C24H26BrF3N4O4S2/c1-24(2,3)36-23(33)32(19-9-10-37-30-19)38(34,35)22-17(27)11-18(20(25)21(22)28)29-12-15-14(13-31(4)5)7-6-8-16(15)26/h6-11,29H,12-13H2,1-5H3. The summed E-state index contributed by atoms with van der Waals surface area (Å²) < 4.78 is 80.9. The van der Waals surface area contributed by atoms with Crippen LogP contribution in [0.3, 0.4) is 0 Å². The highest BCUT2D eigenvalue weighted by Crippen LogP contribution is 2.36. The van der Waals surface area contributed by atoms with Gasteiger partial charge in [0.05, 0.1) is 10.2 Å². The van der Waals surface area contributed by atoms with Crippen molar-refractivity contribution in [2.45, 2.75) is 44.4 Å². The zero-order valence-electron chi connectivity index (χ0n) is 21.2. The van der Waals surface area contributed by atoms with E-state index in [-0.39, 0.29) is 27.9 Å². The van der Waals surface area contributed by atoms with Crippen LogP contribution in [0.25, 0.3) is 0 Å². The maximum Gasteiger partial charge on any atom is 0.430 e. The largest absolute Gasteiger partial charge is 0.443 e. The summed E-state index contributed by atoms with van der Waals surface area (Å²) in [6.07, 6.45) is -1.38. The zero-order chi connectivity index (χ0) is 28.4. The first-order chi connectivity index (χ1) is 17.6. The number of rotatable bonds is 8. The van der Waals surface area contributed by atoms with E-state index in [1.54, 1.807) is 12.1 Å². The maximum absolute atomic E-state index is 15.5. The van der Waals surface area contributed by atoms with Gasteiger partial charge in [-0.05, 0) is 86.1 Å². The van der Waals surface area contributed by atoms with Gasteiger partial charge in [0, 0.05) is 24.0 Å². The normalized spacial score (nSPS) is 12.1. The fraction of sp³-hybridized carbons (Fsp3) is 0.333. The van der Waals surface area contributed by atoms with Crippen molar-refractivity contribution in [1.29, 1.82) is 0 Å². The van der Waals surface area contributed by atoms with Crippen molar-refractivity contribution in [2.75, 3.05) is 23.7 Å². The number of nitrogens with one attached hydrogen (secondary N) is 1. The first-order valence-corrected chi connectivity index (χ1v) is 14.2. The molecule has 3 aromatic rings. The van der Waals surface area contributed by atoms with Crippen LogP contribution in [-0.4, -0.2) is 43.5 Å². The molecule has 0 aliphatic rings. The number of sulfonamides is 1. The van der Waals surface area contributed by atoms with Gasteiger partial charge in [-0.2, -0.15) is 4.37 Å². The minimum absolute atomic E-state index is 0.114. The summed E-state index contributed by atoms with van der Waals surface area (Å²) >= 11 is 3.81. The number of amides is 1. The predicted octanol–water partition coefficient (Wildman–Crippen LogP) is 6.13. The fourth-order valence-electron chi connectivity index (χ4n) is 3.44. The molecule has 0 bridgehead atoms. The van der Waals surface area contributed by atoms with E-state index in [2.05, 4.69) is 25.6 Å². The van der Waals surface area contributed by atoms with Crippen molar-refractivity contribution in [3.05, 3.63) is 68.8 Å². The highest BCUT2D eigenvalue weighted by molar-refractivity contribution is 9.10. The number of hydrogen-bond donors (Lipinski definition) is 1. The third-order valence-electron chi connectivity index (χ3n) is 4.96. The van der Waals surface area contributed by atoms with Crippen molar-refractivity contribution in [2.24, 2.45) is 0 Å². The van der Waals surface area contributed by atoms with Gasteiger partial charge in [-0.25, -0.2) is 26.4 Å². The van der Waals surface area contributed by atoms with E-state index < -0.39 is 48.5 Å². The molecule has 0 saturated heterocycles. The molecule has 0 radical (unpaired) electrons. The van der Waals surface area contributed by atoms with Crippen molar-refractivity contribution in [3.8, 4) is 0 Å². The third-order valence-corrected chi connectivity index (χ3v) is 8.00. The number of carbonyl (C=O) groups excluding carboxylic acids is 1. The van der Waals surface area contributed by atoms with Crippen LogP contribution in [0, 0.1) is 17.5 Å². The number of ether oxygens (including phenoxy) is 1. The van der Waals surface area contributed by atoms with Gasteiger partial charge in [0.25, 0.3) is 10.0 Å². The van der Waals surface area contributed by atoms with Gasteiger partial charge in [-0.1, -0.05) is 12.1 Å². The summed E-state index contributed by atoms with van der Waals surface area (Å²) in [6, 6.07) is 6.51. The van der Waals surface area contributed by atoms with Crippen LogP contribution >= 0.6 is 27.5 Å². The Labute approximate surface area is 231 Å². The van der Waals surface area contributed by atoms with Crippen LogP contribution in [0.4, 0.5) is 29.5 Å². The molecule has 3 rings (SSSR count). The number of halogens is 4. The molecule has 0 unspecified atom stereocenters. The summed E-state index contributed by atoms with van der Waals surface area (Å²) in [5.41, 5.74) is -0.319. The molecule has 0 atom stereocenters. The first-order valence-electron chi connectivity index (χ1n) is 11.1. The summed E-state index contributed by atoms with van der Waals surface area (Å²) in [5, 5.41) is 4.15. The minimum atomic E-state index is -5.16. The Morgan fingerprint density at radius 3 is 2.42 bits per heavy atom. The van der Waals surface area contributed by atoms with Gasteiger partial charge in [-0.3, -0.25) is 0 Å². The van der Waals surface area contributed by atoms with Crippen LogP contribution in [0.1, 0.15) is 31.9 Å². The number of anilines is 2. The smallest absolute Gasteiger partial charge is 0.430 e. The summed E-state index contributed by atoms with van der Waals surface area (Å²) in [4.78, 5) is 13.3. The predicted molar refractivity (Wildman–Crippen MR) is 143 cm³/mol. The lowest BCUT2D eigenvalue weighted by Gasteiger charge is -2.26. The average Bonchev–Trinajstić information content (AvgIpc) is 3.28. The zero-order valence-corrected chi connectivity index (χ0v) is 24.4. The van der Waals surface area contributed by atoms with Crippen molar-refractivity contribution in [3.63, 3.8) is 0 Å². The van der Waals surface area contributed by atoms with E-state index in [0.717, 1.165) is 17.6 Å². The molecular weight excluding hydrogens is 609 g/mol. The van der Waals surface area contributed by atoms with Crippen LogP contribution in [0.15, 0.2) is 45.1 Å². The SMILES string of the molecule is CN(C)Cc1cccc(F)c1CNc1cc(F)c(S(=O)(=O)N(C(=O)OC(C)(C)C)c2ccsn2)c(F)c1Br. The van der Waals surface area contributed by atoms with Gasteiger partial charge in [0.15, 0.2) is 16.5 Å². The quantitative estimate of drug-likeness (QED) is 0.298. The number of carbonyl (C=O) groups is 1. The lowest BCUT2D eigenvalue weighted by Crippen LogP contribution is -2.41. The first kappa shape index (κ1) is 29.9. The maximum atomic E-state index is 15.5. The van der Waals surface area contributed by atoms with Gasteiger partial charge in [-0.15, -0.1) is 4.31 Å². The minimum Gasteiger partial charge on any atom is -0.443 e. The lowest BCUT2D eigenvalue weighted by atomic mass is 10.1. The molecule has 1 amide bonds. The summed E-state index contributed by atoms with van der Waals surface area (Å²) in [6.45, 7) is 4.81. The van der Waals surface area contributed by atoms with Gasteiger partial charge in [0.2, 0.25) is 0 Å². The second-order valence-electron chi connectivity index (χ2n) is 9.44. The van der Waals surface area contributed by atoms with Crippen molar-refractivity contribution < 1.29 is 31.1 Å². The molecule has 1 heterocycles. The molecule has 0 aliphatic heterocycles. The average molecular weight is 636 g/mol. The summed E-state index contributed by atoms with van der Waals surface area (Å²) in [7, 11) is -1.53. The number of hydrogen-bond acceptors (Lipinski definition) is 8. The van der Waals surface area contributed by atoms with Crippen molar-refractivity contribution >= 4 is 55.1 Å². The van der Waals surface area contributed by atoms with Crippen LogP contribution in [0.2, 0.25) is 0 Å². The topological polar surface area (TPSA) is 91.8 Å². The highest BCUT2D eigenvalue weighted by Gasteiger charge is 2.40. The molecule has 8 nitrogen and oxygen atoms in total. The van der Waals surface area contributed by atoms with Gasteiger partial charge in [0.1, 0.15) is 17.2 Å². The molecule has 0 saturated carbocycles. The van der Waals surface area contributed by atoms with Crippen molar-refractivity contribution in [1.82, 2.24) is 9.27 Å². The Morgan fingerprint density at radius 2 is 1.84 bits per heavy atom. The molecule has 2 aromatic carbocycles. The number of aromatic nitrogens is 1. The molecule has 206 valence electrons. The second kappa shape index (κ2) is 11.6. The molecule has 0 aliphatic carbocycles. The Kier molecular flexibility index (Phi) is 9.12. The van der Waals surface area contributed by atoms with Crippen LogP contribution < -0.4 is 9.62 Å². The van der Waals surface area contributed by atoms with E-state index in [4.69, 9.17) is 4.74 Å². The molecular formula is C24H26BrF3N4O4S2. The van der Waals surface area contributed by atoms with E-state index in [1.807, 2.05) is 19.0 Å². The lowest BCUT2D eigenvalue weighted by molar-refractivity contribution is 0.0608. The third kappa shape index (κ3) is 6.65. The van der Waals surface area contributed by atoms with E-state index in [9.17, 15) is 17.6 Å². The molecule has 38 heavy (non-hydrogen) atoms. The van der Waals surface area contributed by atoms with E-state index >= 15 is 8.78 Å². The summed E-state index contributed by atoms with van der Waals surface area (Å²) in [5.74, 6) is -3.85. The monoisotopic (exact) mass is 634 g/mol. The number of benzene rings is 2. The Morgan fingerprint density at radius 1 is 1.16 bits per heavy atom. The second-order valence-corrected chi connectivity index (χ2v) is 12.6. The van der Waals surface area contributed by atoms with Crippen LogP contribution in [-0.2, 0) is 27.8 Å². The Bertz CT molecular complexity index is 1430. The molecule has 0 spiro atoms. The van der Waals surface area contributed by atoms with Gasteiger partial charge < -0.3 is 15.0 Å². The Balaban J connectivity index is 2.02.